The molecule has 8 heteroatoms. The SMILES string of the molecule is Cc1cc(C2CCCN(Cc3cc(F)c(Br)c(F)c3)C2)n2ncnc2n1. The lowest BCUT2D eigenvalue weighted by Gasteiger charge is -2.33. The molecule has 0 spiro atoms. The number of hydrogen-bond acceptors (Lipinski definition) is 4. The summed E-state index contributed by atoms with van der Waals surface area (Å²) in [6.45, 7) is 4.17. The Hall–Kier alpha value is -1.93. The average molecular weight is 422 g/mol. The van der Waals surface area contributed by atoms with E-state index in [1.807, 2.05) is 6.92 Å². The fourth-order valence-corrected chi connectivity index (χ4v) is 3.88. The second-order valence-electron chi connectivity index (χ2n) is 6.74. The van der Waals surface area contributed by atoms with Gasteiger partial charge in [0.1, 0.15) is 18.0 Å². The van der Waals surface area contributed by atoms with E-state index in [0.29, 0.717) is 17.9 Å². The molecule has 0 N–H and O–H groups in total. The molecular weight excluding hydrogens is 404 g/mol. The van der Waals surface area contributed by atoms with Gasteiger partial charge in [0, 0.05) is 24.7 Å². The molecule has 5 nitrogen and oxygen atoms in total. The third-order valence-corrected chi connectivity index (χ3v) is 5.54. The minimum atomic E-state index is -0.567. The predicted octanol–water partition coefficient (Wildman–Crippen LogP) is 3.85. The highest BCUT2D eigenvalue weighted by Crippen LogP contribution is 2.29. The topological polar surface area (TPSA) is 46.3 Å². The molecule has 1 atom stereocenters. The van der Waals surface area contributed by atoms with Crippen molar-refractivity contribution in [1.82, 2.24) is 24.5 Å². The first-order chi connectivity index (χ1) is 12.5. The third kappa shape index (κ3) is 3.35. The number of aryl methyl sites for hydroxylation is 1. The summed E-state index contributed by atoms with van der Waals surface area (Å²) in [5, 5.41) is 4.30. The molecule has 0 aliphatic carbocycles. The number of rotatable bonds is 3. The Kier molecular flexibility index (Phi) is 4.71. The van der Waals surface area contributed by atoms with Crippen molar-refractivity contribution in [2.75, 3.05) is 13.1 Å². The Morgan fingerprint density at radius 2 is 2.00 bits per heavy atom. The summed E-state index contributed by atoms with van der Waals surface area (Å²) in [6.07, 6.45) is 3.57. The Morgan fingerprint density at radius 1 is 1.23 bits per heavy atom. The van der Waals surface area contributed by atoms with Crippen molar-refractivity contribution in [2.45, 2.75) is 32.2 Å². The Bertz CT molecular complexity index is 935. The highest BCUT2D eigenvalue weighted by molar-refractivity contribution is 9.10. The molecule has 3 heterocycles. The average Bonchev–Trinajstić information content (AvgIpc) is 3.07. The minimum Gasteiger partial charge on any atom is -0.298 e. The number of hydrogen-bond donors (Lipinski definition) is 0. The molecule has 0 radical (unpaired) electrons. The van der Waals surface area contributed by atoms with Gasteiger partial charge in [0.25, 0.3) is 5.78 Å². The Morgan fingerprint density at radius 3 is 2.77 bits per heavy atom. The minimum absolute atomic E-state index is 0.112. The molecule has 1 aromatic carbocycles. The maximum atomic E-state index is 13.8. The van der Waals surface area contributed by atoms with Gasteiger partial charge in [-0.1, -0.05) is 0 Å². The first-order valence-electron chi connectivity index (χ1n) is 8.54. The van der Waals surface area contributed by atoms with Crippen LogP contribution in [0.25, 0.3) is 5.78 Å². The van der Waals surface area contributed by atoms with Gasteiger partial charge in [-0.15, -0.1) is 0 Å². The molecule has 1 saturated heterocycles. The van der Waals surface area contributed by atoms with Crippen LogP contribution in [0.5, 0.6) is 0 Å². The lowest BCUT2D eigenvalue weighted by Crippen LogP contribution is -2.34. The molecule has 1 aliphatic heterocycles. The number of benzene rings is 1. The smallest absolute Gasteiger partial charge is 0.252 e. The maximum absolute atomic E-state index is 13.8. The number of halogens is 3. The van der Waals surface area contributed by atoms with E-state index in [4.69, 9.17) is 0 Å². The molecule has 2 aromatic heterocycles. The van der Waals surface area contributed by atoms with E-state index in [1.54, 1.807) is 4.52 Å². The van der Waals surface area contributed by atoms with Crippen LogP contribution in [-0.2, 0) is 6.54 Å². The van der Waals surface area contributed by atoms with Gasteiger partial charge in [0.2, 0.25) is 0 Å². The van der Waals surface area contributed by atoms with Gasteiger partial charge >= 0.3 is 0 Å². The summed E-state index contributed by atoms with van der Waals surface area (Å²) in [5.41, 5.74) is 2.64. The third-order valence-electron chi connectivity index (χ3n) is 4.78. The summed E-state index contributed by atoms with van der Waals surface area (Å²) in [4.78, 5) is 10.8. The van der Waals surface area contributed by atoms with E-state index >= 15 is 0 Å². The molecule has 26 heavy (non-hydrogen) atoms. The Balaban J connectivity index is 1.57. The fraction of sp³-hybridized carbons (Fsp3) is 0.389. The van der Waals surface area contributed by atoms with Crippen LogP contribution in [0.15, 0.2) is 29.0 Å². The molecular formula is C18H18BrF2N5. The summed E-state index contributed by atoms with van der Waals surface area (Å²) >= 11 is 2.92. The van der Waals surface area contributed by atoms with Crippen molar-refractivity contribution in [1.29, 1.82) is 0 Å². The van der Waals surface area contributed by atoms with Crippen molar-refractivity contribution in [3.05, 3.63) is 57.6 Å². The number of nitrogens with zero attached hydrogens (tertiary/aromatic N) is 5. The molecule has 1 unspecified atom stereocenters. The molecule has 1 aliphatic rings. The second-order valence-corrected chi connectivity index (χ2v) is 7.53. The van der Waals surface area contributed by atoms with Crippen LogP contribution in [0.3, 0.4) is 0 Å². The monoisotopic (exact) mass is 421 g/mol. The highest BCUT2D eigenvalue weighted by Gasteiger charge is 2.25. The molecule has 4 rings (SSSR count). The zero-order valence-electron chi connectivity index (χ0n) is 14.3. The maximum Gasteiger partial charge on any atom is 0.252 e. The number of fused-ring (bicyclic) bond motifs is 1. The van der Waals surface area contributed by atoms with E-state index in [-0.39, 0.29) is 10.4 Å². The van der Waals surface area contributed by atoms with E-state index < -0.39 is 11.6 Å². The van der Waals surface area contributed by atoms with Gasteiger partial charge in [-0.3, -0.25) is 4.90 Å². The van der Waals surface area contributed by atoms with E-state index in [1.165, 1.54) is 18.5 Å². The van der Waals surface area contributed by atoms with Crippen LogP contribution < -0.4 is 0 Å². The summed E-state index contributed by atoms with van der Waals surface area (Å²) in [7, 11) is 0. The predicted molar refractivity (Wildman–Crippen MR) is 96.8 cm³/mol. The highest BCUT2D eigenvalue weighted by atomic mass is 79.9. The summed E-state index contributed by atoms with van der Waals surface area (Å²) in [5.74, 6) is -0.251. The fourth-order valence-electron chi connectivity index (χ4n) is 3.65. The van der Waals surface area contributed by atoms with Crippen LogP contribution >= 0.6 is 15.9 Å². The van der Waals surface area contributed by atoms with Gasteiger partial charge in [-0.05, 0) is 66.0 Å². The van der Waals surface area contributed by atoms with Gasteiger partial charge < -0.3 is 0 Å². The molecule has 136 valence electrons. The van der Waals surface area contributed by atoms with Gasteiger partial charge in [0.15, 0.2) is 0 Å². The van der Waals surface area contributed by atoms with Crippen LogP contribution in [0.2, 0.25) is 0 Å². The van der Waals surface area contributed by atoms with Crippen molar-refractivity contribution >= 4 is 21.7 Å². The molecule has 0 amide bonds. The largest absolute Gasteiger partial charge is 0.298 e. The van der Waals surface area contributed by atoms with Crippen molar-refractivity contribution < 1.29 is 8.78 Å². The van der Waals surface area contributed by atoms with Crippen LogP contribution in [0, 0.1) is 18.6 Å². The van der Waals surface area contributed by atoms with E-state index in [9.17, 15) is 8.78 Å². The zero-order valence-corrected chi connectivity index (χ0v) is 15.9. The zero-order chi connectivity index (χ0) is 18.3. The second kappa shape index (κ2) is 7.00. The van der Waals surface area contributed by atoms with Crippen LogP contribution in [-0.4, -0.2) is 37.6 Å². The quantitative estimate of drug-likeness (QED) is 0.602. The first kappa shape index (κ1) is 17.5. The first-order valence-corrected chi connectivity index (χ1v) is 9.33. The number of piperidine rings is 1. The lowest BCUT2D eigenvalue weighted by atomic mass is 9.93. The molecule has 3 aromatic rings. The summed E-state index contributed by atoms with van der Waals surface area (Å²) in [6, 6.07) is 4.83. The van der Waals surface area contributed by atoms with Gasteiger partial charge in [0.05, 0.1) is 10.2 Å². The summed E-state index contributed by atoms with van der Waals surface area (Å²) < 4.78 is 29.3. The van der Waals surface area contributed by atoms with Gasteiger partial charge in [-0.2, -0.15) is 10.1 Å². The van der Waals surface area contributed by atoms with Gasteiger partial charge in [-0.25, -0.2) is 18.3 Å². The number of aromatic nitrogens is 4. The molecule has 0 saturated carbocycles. The molecule has 0 bridgehead atoms. The van der Waals surface area contributed by atoms with Crippen molar-refractivity contribution in [2.24, 2.45) is 0 Å². The molecule has 1 fully saturated rings. The van der Waals surface area contributed by atoms with Crippen molar-refractivity contribution in [3.8, 4) is 0 Å². The lowest BCUT2D eigenvalue weighted by molar-refractivity contribution is 0.197. The Labute approximate surface area is 158 Å². The normalized spacial score (nSPS) is 18.5. The van der Waals surface area contributed by atoms with Crippen molar-refractivity contribution in [3.63, 3.8) is 0 Å². The van der Waals surface area contributed by atoms with E-state index in [2.05, 4.69) is 42.0 Å². The number of likely N-dealkylation sites (tertiary alicyclic amines) is 1. The van der Waals surface area contributed by atoms with Crippen LogP contribution in [0.1, 0.15) is 35.7 Å². The van der Waals surface area contributed by atoms with Crippen LogP contribution in [0.4, 0.5) is 8.78 Å². The van der Waals surface area contributed by atoms with E-state index in [0.717, 1.165) is 37.3 Å². The standard InChI is InChI=1S/C18H18BrF2N5/c1-11-5-16(26-18(24-11)22-10-23-26)13-3-2-4-25(9-13)8-12-6-14(20)17(19)15(21)7-12/h5-7,10,13H,2-4,8-9H2,1H3.